The van der Waals surface area contributed by atoms with Gasteiger partial charge in [0.05, 0.1) is 22.4 Å². The van der Waals surface area contributed by atoms with Crippen molar-refractivity contribution < 1.29 is 18.7 Å². The number of esters is 1. The van der Waals surface area contributed by atoms with Gasteiger partial charge in [0.1, 0.15) is 5.76 Å². The second kappa shape index (κ2) is 8.57. The second-order valence-electron chi connectivity index (χ2n) is 4.92. The third-order valence-electron chi connectivity index (χ3n) is 3.05. The lowest BCUT2D eigenvalue weighted by Crippen LogP contribution is -2.30. The van der Waals surface area contributed by atoms with Crippen molar-refractivity contribution in [1.29, 1.82) is 0 Å². The van der Waals surface area contributed by atoms with Crippen LogP contribution in [0.15, 0.2) is 47.1 Å². The molecule has 0 radical (unpaired) electrons. The van der Waals surface area contributed by atoms with Crippen LogP contribution in [-0.4, -0.2) is 18.5 Å². The molecule has 0 aliphatic carbocycles. The van der Waals surface area contributed by atoms with E-state index >= 15 is 0 Å². The van der Waals surface area contributed by atoms with E-state index in [1.807, 2.05) is 0 Å². The van der Waals surface area contributed by atoms with Crippen LogP contribution >= 0.6 is 23.2 Å². The SMILES string of the molecule is C[C@H](NC(=O)COC(=O)/C=C/c1ccc(Cl)c(Cl)c1)c1ccco1. The molecule has 1 N–H and O–H groups in total. The number of carbonyl (C=O) groups is 2. The van der Waals surface area contributed by atoms with Crippen molar-refractivity contribution in [3.05, 3.63) is 64.0 Å². The summed E-state index contributed by atoms with van der Waals surface area (Å²) in [5.74, 6) is -0.439. The molecule has 0 saturated carbocycles. The third kappa shape index (κ3) is 5.44. The van der Waals surface area contributed by atoms with Crippen molar-refractivity contribution in [1.82, 2.24) is 5.32 Å². The molecule has 2 rings (SSSR count). The van der Waals surface area contributed by atoms with Crippen LogP contribution in [0.2, 0.25) is 10.0 Å². The molecule has 7 heteroatoms. The number of ether oxygens (including phenoxy) is 1. The van der Waals surface area contributed by atoms with Gasteiger partial charge < -0.3 is 14.5 Å². The average molecular weight is 368 g/mol. The number of hydrogen-bond acceptors (Lipinski definition) is 4. The Morgan fingerprint density at radius 1 is 1.29 bits per heavy atom. The minimum atomic E-state index is -0.637. The molecule has 1 atom stereocenters. The van der Waals surface area contributed by atoms with Crippen LogP contribution in [0.25, 0.3) is 6.08 Å². The Morgan fingerprint density at radius 2 is 2.08 bits per heavy atom. The van der Waals surface area contributed by atoms with E-state index in [0.29, 0.717) is 21.4 Å². The average Bonchev–Trinajstić information content (AvgIpc) is 3.08. The topological polar surface area (TPSA) is 68.5 Å². The number of nitrogens with one attached hydrogen (secondary N) is 1. The minimum Gasteiger partial charge on any atom is -0.467 e. The van der Waals surface area contributed by atoms with Gasteiger partial charge in [-0.15, -0.1) is 0 Å². The number of rotatable bonds is 6. The number of halogens is 2. The summed E-state index contributed by atoms with van der Waals surface area (Å²) in [5.41, 5.74) is 0.692. The molecule has 5 nitrogen and oxygen atoms in total. The molecule has 1 aromatic heterocycles. The van der Waals surface area contributed by atoms with E-state index in [1.54, 1.807) is 37.3 Å². The highest BCUT2D eigenvalue weighted by atomic mass is 35.5. The highest BCUT2D eigenvalue weighted by Gasteiger charge is 2.12. The van der Waals surface area contributed by atoms with Crippen LogP contribution in [0.1, 0.15) is 24.3 Å². The van der Waals surface area contributed by atoms with Crippen LogP contribution in [0, 0.1) is 0 Å². The highest BCUT2D eigenvalue weighted by Crippen LogP contribution is 2.23. The second-order valence-corrected chi connectivity index (χ2v) is 5.73. The molecule has 0 bridgehead atoms. The molecule has 1 aromatic carbocycles. The van der Waals surface area contributed by atoms with E-state index in [2.05, 4.69) is 5.32 Å². The molecular weight excluding hydrogens is 353 g/mol. The summed E-state index contributed by atoms with van der Waals surface area (Å²) < 4.78 is 10.0. The largest absolute Gasteiger partial charge is 0.467 e. The normalized spacial score (nSPS) is 12.1. The van der Waals surface area contributed by atoms with Crippen molar-refractivity contribution >= 4 is 41.2 Å². The van der Waals surface area contributed by atoms with Gasteiger partial charge in [0.2, 0.25) is 0 Å². The van der Waals surface area contributed by atoms with Gasteiger partial charge in [-0.2, -0.15) is 0 Å². The first-order chi connectivity index (χ1) is 11.5. The summed E-state index contributed by atoms with van der Waals surface area (Å²) in [6.07, 6.45) is 4.25. The van der Waals surface area contributed by atoms with Gasteiger partial charge >= 0.3 is 5.97 Å². The molecule has 24 heavy (non-hydrogen) atoms. The molecule has 0 aliphatic heterocycles. The fraction of sp³-hybridized carbons (Fsp3) is 0.176. The number of benzene rings is 1. The molecule has 0 spiro atoms. The van der Waals surface area contributed by atoms with Crippen LogP contribution in [0.3, 0.4) is 0 Å². The van der Waals surface area contributed by atoms with E-state index in [4.69, 9.17) is 32.4 Å². The first kappa shape index (κ1) is 18.1. The Kier molecular flexibility index (Phi) is 6.46. The number of furan rings is 1. The van der Waals surface area contributed by atoms with Gasteiger partial charge in [0.25, 0.3) is 5.91 Å². The van der Waals surface area contributed by atoms with Crippen molar-refractivity contribution in [3.63, 3.8) is 0 Å². The Morgan fingerprint density at radius 3 is 2.75 bits per heavy atom. The van der Waals surface area contributed by atoms with Gasteiger partial charge in [-0.25, -0.2) is 4.79 Å². The maximum absolute atomic E-state index is 11.7. The monoisotopic (exact) mass is 367 g/mol. The maximum Gasteiger partial charge on any atom is 0.331 e. The summed E-state index contributed by atoms with van der Waals surface area (Å²) in [4.78, 5) is 23.3. The zero-order chi connectivity index (χ0) is 17.5. The van der Waals surface area contributed by atoms with Gasteiger partial charge in [0.15, 0.2) is 6.61 Å². The highest BCUT2D eigenvalue weighted by molar-refractivity contribution is 6.42. The molecule has 0 saturated heterocycles. The van der Waals surface area contributed by atoms with Gasteiger partial charge in [-0.3, -0.25) is 4.79 Å². The Hall–Kier alpha value is -2.24. The molecule has 0 fully saturated rings. The van der Waals surface area contributed by atoms with Gasteiger partial charge in [-0.1, -0.05) is 29.3 Å². The van der Waals surface area contributed by atoms with Crippen molar-refractivity contribution in [2.75, 3.05) is 6.61 Å². The predicted molar refractivity (Wildman–Crippen MR) is 91.7 cm³/mol. The lowest BCUT2D eigenvalue weighted by Gasteiger charge is -2.11. The maximum atomic E-state index is 11.7. The van der Waals surface area contributed by atoms with Crippen LogP contribution < -0.4 is 5.32 Å². The van der Waals surface area contributed by atoms with E-state index in [0.717, 1.165) is 0 Å². The molecule has 0 unspecified atom stereocenters. The number of hydrogen-bond donors (Lipinski definition) is 1. The number of carbonyl (C=O) groups excluding carboxylic acids is 2. The fourth-order valence-electron chi connectivity index (χ4n) is 1.86. The smallest absolute Gasteiger partial charge is 0.331 e. The van der Waals surface area contributed by atoms with Crippen LogP contribution in [-0.2, 0) is 14.3 Å². The van der Waals surface area contributed by atoms with Gasteiger partial charge in [-0.05, 0) is 42.8 Å². The lowest BCUT2D eigenvalue weighted by atomic mass is 10.2. The summed E-state index contributed by atoms with van der Waals surface area (Å²) in [6, 6.07) is 8.11. The third-order valence-corrected chi connectivity index (χ3v) is 3.79. The van der Waals surface area contributed by atoms with Gasteiger partial charge in [0, 0.05) is 6.08 Å². The van der Waals surface area contributed by atoms with Crippen molar-refractivity contribution in [3.8, 4) is 0 Å². The summed E-state index contributed by atoms with van der Waals surface area (Å²) in [7, 11) is 0. The summed E-state index contributed by atoms with van der Waals surface area (Å²) >= 11 is 11.7. The molecule has 0 aliphatic rings. The first-order valence-corrected chi connectivity index (χ1v) is 7.84. The standard InChI is InChI=1S/C17H15Cl2NO4/c1-11(15-3-2-8-23-15)20-16(21)10-24-17(22)7-5-12-4-6-13(18)14(19)9-12/h2-9,11H,10H2,1H3,(H,20,21)/b7-5+/t11-/m0/s1. The first-order valence-electron chi connectivity index (χ1n) is 7.08. The zero-order valence-corrected chi connectivity index (χ0v) is 14.3. The Balaban J connectivity index is 1.78. The summed E-state index contributed by atoms with van der Waals surface area (Å²) in [5, 5.41) is 3.48. The predicted octanol–water partition coefficient (Wildman–Crippen LogP) is 4.02. The Labute approximate surface area is 149 Å². The van der Waals surface area contributed by atoms with E-state index in [9.17, 15) is 9.59 Å². The molecule has 2 aromatic rings. The molecule has 1 amide bonds. The lowest BCUT2D eigenvalue weighted by molar-refractivity contribution is -0.144. The van der Waals surface area contributed by atoms with Crippen LogP contribution in [0.4, 0.5) is 0 Å². The zero-order valence-electron chi connectivity index (χ0n) is 12.8. The van der Waals surface area contributed by atoms with Crippen molar-refractivity contribution in [2.24, 2.45) is 0 Å². The summed E-state index contributed by atoms with van der Waals surface area (Å²) in [6.45, 7) is 1.39. The van der Waals surface area contributed by atoms with Crippen molar-refractivity contribution in [2.45, 2.75) is 13.0 Å². The quantitative estimate of drug-likeness (QED) is 0.618. The Bertz CT molecular complexity index is 741. The molecule has 126 valence electrons. The van der Waals surface area contributed by atoms with Crippen LogP contribution in [0.5, 0.6) is 0 Å². The number of amides is 1. The minimum absolute atomic E-state index is 0.307. The molecular formula is C17H15Cl2NO4. The van der Waals surface area contributed by atoms with E-state index in [1.165, 1.54) is 18.4 Å². The van der Waals surface area contributed by atoms with E-state index in [-0.39, 0.29) is 12.6 Å². The fourth-order valence-corrected chi connectivity index (χ4v) is 2.16. The molecule has 1 heterocycles. The van der Waals surface area contributed by atoms with E-state index < -0.39 is 11.9 Å².